The highest BCUT2D eigenvalue weighted by Crippen LogP contribution is 2.53. The molecule has 0 aromatic heterocycles. The lowest BCUT2D eigenvalue weighted by Crippen LogP contribution is -2.71. The van der Waals surface area contributed by atoms with Gasteiger partial charge in [-0.3, -0.25) is 14.4 Å². The zero-order valence-electron chi connectivity index (χ0n) is 21.9. The molecule has 4 rings (SSSR count). The van der Waals surface area contributed by atoms with Crippen LogP contribution in [0.2, 0.25) is 0 Å². The molecule has 2 heterocycles. The second kappa shape index (κ2) is 12.0. The summed E-state index contributed by atoms with van der Waals surface area (Å²) in [6, 6.07) is 13.7. The third kappa shape index (κ3) is 5.96. The summed E-state index contributed by atoms with van der Waals surface area (Å²) in [4.78, 5) is 52.4. The van der Waals surface area contributed by atoms with Gasteiger partial charge >= 0.3 is 11.9 Å². The number of para-hydroxylation sites is 1. The zero-order valence-corrected chi connectivity index (χ0v) is 22.8. The first kappa shape index (κ1) is 28.2. The number of carbonyl (C=O) groups is 4. The van der Waals surface area contributed by atoms with Crippen molar-refractivity contribution in [3.8, 4) is 11.5 Å². The van der Waals surface area contributed by atoms with Gasteiger partial charge in [0.15, 0.2) is 12.6 Å². The molecule has 0 spiro atoms. The van der Waals surface area contributed by atoms with E-state index in [9.17, 15) is 19.2 Å². The number of carbonyl (C=O) groups excluding carboxylic acids is 4. The molecule has 2 fully saturated rings. The van der Waals surface area contributed by atoms with Crippen LogP contribution in [0.5, 0.6) is 11.5 Å². The number of esters is 2. The van der Waals surface area contributed by atoms with Crippen LogP contribution in [0.15, 0.2) is 54.6 Å². The Morgan fingerprint density at radius 3 is 2.36 bits per heavy atom. The van der Waals surface area contributed by atoms with Crippen LogP contribution in [0.25, 0.3) is 0 Å². The first-order chi connectivity index (χ1) is 18.7. The molecule has 5 atom stereocenters. The van der Waals surface area contributed by atoms with E-state index < -0.39 is 52.2 Å². The number of rotatable bonds is 11. The van der Waals surface area contributed by atoms with Crippen molar-refractivity contribution in [2.75, 3.05) is 20.8 Å². The van der Waals surface area contributed by atoms with Crippen LogP contribution >= 0.6 is 11.8 Å². The van der Waals surface area contributed by atoms with Gasteiger partial charge in [-0.25, -0.2) is 4.79 Å². The van der Waals surface area contributed by atoms with E-state index in [1.54, 1.807) is 62.6 Å². The van der Waals surface area contributed by atoms with Crippen molar-refractivity contribution in [2.45, 2.75) is 48.9 Å². The third-order valence-corrected chi connectivity index (χ3v) is 8.09. The summed E-state index contributed by atoms with van der Waals surface area (Å²) in [6.07, 6.45) is -1.17. The SMILES string of the molecule is COc1ccc(COC(=O)[C@@H]2N3C(=O)[C@@H](NC(=O)COc4ccccc4)[C@H]3S[C@@]2(C)[C@@H](OC)OC(C)=O)cc1. The fourth-order valence-electron chi connectivity index (χ4n) is 4.54. The van der Waals surface area contributed by atoms with Crippen molar-refractivity contribution in [3.63, 3.8) is 0 Å². The normalized spacial score (nSPS) is 24.2. The monoisotopic (exact) mass is 558 g/mol. The standard InChI is InChI=1S/C27H30N2O9S/c1-16(30)38-26(35-4)27(2)22(25(33)37-14-17-10-12-18(34-3)13-11-17)29-23(32)21(24(29)39-27)28-20(31)15-36-19-8-6-5-7-9-19/h5-13,21-22,24,26H,14-15H2,1-4H3,(H,28,31)/t21-,22+,24-,26+,27-/m1/s1. The van der Waals surface area contributed by atoms with Gasteiger partial charge in [0.05, 0.1) is 7.11 Å². The number of thioether (sulfide) groups is 1. The van der Waals surface area contributed by atoms with E-state index >= 15 is 0 Å². The van der Waals surface area contributed by atoms with Gasteiger partial charge in [-0.05, 0) is 36.8 Å². The van der Waals surface area contributed by atoms with Crippen LogP contribution in [-0.4, -0.2) is 78.0 Å². The highest BCUT2D eigenvalue weighted by Gasteiger charge is 2.69. The van der Waals surface area contributed by atoms with Crippen LogP contribution in [0.3, 0.4) is 0 Å². The number of amides is 2. The number of nitrogens with zero attached hydrogens (tertiary/aromatic N) is 1. The maximum atomic E-state index is 13.4. The van der Waals surface area contributed by atoms with Crippen molar-refractivity contribution in [3.05, 3.63) is 60.2 Å². The lowest BCUT2D eigenvalue weighted by atomic mass is 9.93. The van der Waals surface area contributed by atoms with Crippen LogP contribution in [0, 0.1) is 0 Å². The molecule has 2 aromatic rings. The summed E-state index contributed by atoms with van der Waals surface area (Å²) < 4.78 is 25.8. The predicted molar refractivity (Wildman–Crippen MR) is 140 cm³/mol. The summed E-state index contributed by atoms with van der Waals surface area (Å²) in [5.41, 5.74) is 0.717. The van der Waals surface area contributed by atoms with Crippen molar-refractivity contribution in [1.29, 1.82) is 0 Å². The number of benzene rings is 2. The van der Waals surface area contributed by atoms with E-state index in [1.165, 1.54) is 30.7 Å². The molecule has 2 aliphatic heterocycles. The van der Waals surface area contributed by atoms with E-state index in [4.69, 9.17) is 23.7 Å². The molecule has 0 aliphatic carbocycles. The molecule has 2 amide bonds. The molecule has 39 heavy (non-hydrogen) atoms. The Morgan fingerprint density at radius 2 is 1.74 bits per heavy atom. The number of hydrogen-bond donors (Lipinski definition) is 1. The number of hydrogen-bond acceptors (Lipinski definition) is 10. The average molecular weight is 559 g/mol. The van der Waals surface area contributed by atoms with Crippen LogP contribution in [0.4, 0.5) is 0 Å². The molecular formula is C27H30N2O9S. The fourth-order valence-corrected chi connectivity index (χ4v) is 6.31. The Morgan fingerprint density at radius 1 is 1.05 bits per heavy atom. The molecule has 0 radical (unpaired) electrons. The van der Waals surface area contributed by atoms with Crippen molar-refractivity contribution in [2.24, 2.45) is 0 Å². The summed E-state index contributed by atoms with van der Waals surface area (Å²) in [7, 11) is 2.90. The number of nitrogens with one attached hydrogen (secondary N) is 1. The molecule has 0 bridgehead atoms. The molecule has 12 heteroatoms. The van der Waals surface area contributed by atoms with Crippen molar-refractivity contribution in [1.82, 2.24) is 10.2 Å². The van der Waals surface area contributed by atoms with Gasteiger partial charge in [0.25, 0.3) is 5.91 Å². The van der Waals surface area contributed by atoms with E-state index in [1.807, 2.05) is 6.07 Å². The molecule has 0 unspecified atom stereocenters. The Bertz CT molecular complexity index is 1210. The summed E-state index contributed by atoms with van der Waals surface area (Å²) >= 11 is 1.20. The molecule has 11 nitrogen and oxygen atoms in total. The fraction of sp³-hybridized carbons (Fsp3) is 0.407. The second-order valence-corrected chi connectivity index (χ2v) is 10.7. The highest BCUT2D eigenvalue weighted by molar-refractivity contribution is 8.01. The highest BCUT2D eigenvalue weighted by atomic mass is 32.2. The Hall–Kier alpha value is -3.77. The second-order valence-electron chi connectivity index (χ2n) is 9.12. The summed E-state index contributed by atoms with van der Waals surface area (Å²) in [5, 5.41) is 2.07. The molecule has 208 valence electrons. The first-order valence-corrected chi connectivity index (χ1v) is 13.0. The lowest BCUT2D eigenvalue weighted by molar-refractivity contribution is -0.188. The Kier molecular flexibility index (Phi) is 8.66. The van der Waals surface area contributed by atoms with Gasteiger partial charge < -0.3 is 33.9 Å². The van der Waals surface area contributed by atoms with Gasteiger partial charge in [-0.2, -0.15) is 0 Å². The van der Waals surface area contributed by atoms with E-state index in [0.29, 0.717) is 11.5 Å². The minimum Gasteiger partial charge on any atom is -0.497 e. The summed E-state index contributed by atoms with van der Waals surface area (Å²) in [6.45, 7) is 2.55. The molecule has 1 N–H and O–H groups in total. The quantitative estimate of drug-likeness (QED) is 0.248. The molecule has 2 aliphatic rings. The zero-order chi connectivity index (χ0) is 28.2. The van der Waals surface area contributed by atoms with Gasteiger partial charge in [0.2, 0.25) is 12.2 Å². The smallest absolute Gasteiger partial charge is 0.330 e. The van der Waals surface area contributed by atoms with Crippen LogP contribution < -0.4 is 14.8 Å². The van der Waals surface area contributed by atoms with E-state index in [-0.39, 0.29) is 13.2 Å². The Balaban J connectivity index is 1.48. The summed E-state index contributed by atoms with van der Waals surface area (Å²) in [5.74, 6) is -1.09. The molecule has 2 saturated heterocycles. The topological polar surface area (TPSA) is 130 Å². The number of fused-ring (bicyclic) bond motifs is 1. The number of ether oxygens (including phenoxy) is 5. The van der Waals surface area contributed by atoms with Gasteiger partial charge in [0.1, 0.15) is 34.3 Å². The predicted octanol–water partition coefficient (Wildman–Crippen LogP) is 1.88. The average Bonchev–Trinajstić information content (AvgIpc) is 3.23. The number of methoxy groups -OCH3 is 2. The van der Waals surface area contributed by atoms with Crippen molar-refractivity contribution < 1.29 is 42.9 Å². The molecule has 2 aromatic carbocycles. The molecule has 0 saturated carbocycles. The Labute approximate surface area is 230 Å². The molecular weight excluding hydrogens is 528 g/mol. The van der Waals surface area contributed by atoms with Crippen LogP contribution in [0.1, 0.15) is 19.4 Å². The lowest BCUT2D eigenvalue weighted by Gasteiger charge is -2.44. The third-order valence-electron chi connectivity index (χ3n) is 6.42. The maximum Gasteiger partial charge on any atom is 0.330 e. The van der Waals surface area contributed by atoms with Gasteiger partial charge in [-0.15, -0.1) is 11.8 Å². The van der Waals surface area contributed by atoms with E-state index in [2.05, 4.69) is 5.32 Å². The largest absolute Gasteiger partial charge is 0.497 e. The van der Waals surface area contributed by atoms with Gasteiger partial charge in [0, 0.05) is 14.0 Å². The first-order valence-electron chi connectivity index (χ1n) is 12.1. The van der Waals surface area contributed by atoms with Crippen LogP contribution in [-0.2, 0) is 40.0 Å². The number of β-lactam (4-membered cyclic amide) rings is 1. The van der Waals surface area contributed by atoms with Gasteiger partial charge in [-0.1, -0.05) is 30.3 Å². The van der Waals surface area contributed by atoms with Crippen molar-refractivity contribution >= 4 is 35.5 Å². The minimum atomic E-state index is -1.22. The minimum absolute atomic E-state index is 0.0467. The van der Waals surface area contributed by atoms with E-state index in [0.717, 1.165) is 5.56 Å². The maximum absolute atomic E-state index is 13.4.